The monoisotopic (exact) mass is 503 g/mol. The first-order chi connectivity index (χ1) is 18.0. The number of nitrogens with zero attached hydrogens (tertiary/aromatic N) is 8. The zero-order chi connectivity index (χ0) is 25.5. The topological polar surface area (TPSA) is 93.0 Å². The molecule has 0 aromatic carbocycles. The number of fused-ring (bicyclic) bond motifs is 2. The molecule has 3 aliphatic rings. The highest BCUT2D eigenvalue weighted by Crippen LogP contribution is 2.30. The molecule has 3 atom stereocenters. The molecule has 37 heavy (non-hydrogen) atoms. The van der Waals surface area contributed by atoms with Gasteiger partial charge in [-0.3, -0.25) is 14.8 Å². The van der Waals surface area contributed by atoms with Gasteiger partial charge in [-0.25, -0.2) is 8.91 Å². The van der Waals surface area contributed by atoms with Crippen LogP contribution in [0.5, 0.6) is 0 Å². The van der Waals surface area contributed by atoms with Crippen molar-refractivity contribution in [3.63, 3.8) is 0 Å². The molecule has 0 bridgehead atoms. The first kappa shape index (κ1) is 24.1. The number of hydrogen-bond acceptors (Lipinski definition) is 8. The van der Waals surface area contributed by atoms with Gasteiger partial charge in [0.25, 0.3) is 0 Å². The summed E-state index contributed by atoms with van der Waals surface area (Å²) in [7, 11) is 0. The van der Waals surface area contributed by atoms with Crippen LogP contribution in [0.25, 0.3) is 5.52 Å². The van der Waals surface area contributed by atoms with Gasteiger partial charge in [0.15, 0.2) is 0 Å². The molecule has 10 heteroatoms. The number of rotatable bonds is 4. The molecule has 3 fully saturated rings. The smallest absolute Gasteiger partial charge is 0.148 e. The SMILES string of the molecule is CC1CN(c2ccc(C#N)n3nccc23)CC2CCN(Cc3ncc(N4CCC(N)C4)cc3F)CCN12. The van der Waals surface area contributed by atoms with E-state index in [1.807, 2.05) is 12.1 Å². The Labute approximate surface area is 216 Å². The fraction of sp³-hybridized carbons (Fsp3) is 0.519. The maximum Gasteiger partial charge on any atom is 0.148 e. The number of anilines is 2. The Bertz CT molecular complexity index is 1320. The summed E-state index contributed by atoms with van der Waals surface area (Å²) in [5.41, 5.74) is 9.99. The van der Waals surface area contributed by atoms with E-state index >= 15 is 4.39 Å². The predicted molar refractivity (Wildman–Crippen MR) is 141 cm³/mol. The molecule has 3 aromatic rings. The minimum atomic E-state index is -0.231. The average molecular weight is 504 g/mol. The summed E-state index contributed by atoms with van der Waals surface area (Å²) in [6.07, 6.45) is 5.50. The van der Waals surface area contributed by atoms with E-state index in [4.69, 9.17) is 5.73 Å². The third-order valence-corrected chi connectivity index (χ3v) is 8.26. The van der Waals surface area contributed by atoms with E-state index in [1.54, 1.807) is 23.0 Å². The molecule has 194 valence electrons. The van der Waals surface area contributed by atoms with Crippen LogP contribution in [0.3, 0.4) is 0 Å². The molecule has 3 aliphatic heterocycles. The van der Waals surface area contributed by atoms with Crippen LogP contribution in [0, 0.1) is 17.1 Å². The molecule has 0 aliphatic carbocycles. The van der Waals surface area contributed by atoms with Crippen molar-refractivity contribution >= 4 is 16.9 Å². The second-order valence-corrected chi connectivity index (χ2v) is 10.7. The lowest BCUT2D eigenvalue weighted by Gasteiger charge is -2.46. The van der Waals surface area contributed by atoms with Crippen LogP contribution in [0.2, 0.25) is 0 Å². The Morgan fingerprint density at radius 3 is 2.76 bits per heavy atom. The minimum absolute atomic E-state index is 0.153. The first-order valence-electron chi connectivity index (χ1n) is 13.2. The Morgan fingerprint density at radius 2 is 1.97 bits per heavy atom. The second kappa shape index (κ2) is 9.89. The summed E-state index contributed by atoms with van der Waals surface area (Å²) in [6.45, 7) is 9.02. The zero-order valence-electron chi connectivity index (χ0n) is 21.3. The van der Waals surface area contributed by atoms with Gasteiger partial charge in [-0.05, 0) is 38.0 Å². The lowest BCUT2D eigenvalue weighted by Crippen LogP contribution is -2.58. The van der Waals surface area contributed by atoms with Crippen molar-refractivity contribution in [2.75, 3.05) is 55.6 Å². The Balaban J connectivity index is 1.14. The molecule has 3 unspecified atom stereocenters. The van der Waals surface area contributed by atoms with Crippen molar-refractivity contribution in [1.29, 1.82) is 5.26 Å². The number of nitriles is 1. The molecule has 2 N–H and O–H groups in total. The Hall–Kier alpha value is -3.26. The number of hydrogen-bond donors (Lipinski definition) is 1. The van der Waals surface area contributed by atoms with E-state index in [1.165, 1.54) is 0 Å². The van der Waals surface area contributed by atoms with E-state index in [0.29, 0.717) is 30.0 Å². The minimum Gasteiger partial charge on any atom is -0.369 e. The van der Waals surface area contributed by atoms with E-state index < -0.39 is 0 Å². The van der Waals surface area contributed by atoms with Crippen LogP contribution in [0.1, 0.15) is 31.2 Å². The van der Waals surface area contributed by atoms with Gasteiger partial charge >= 0.3 is 0 Å². The molecular formula is C27H34FN9. The third kappa shape index (κ3) is 4.63. The van der Waals surface area contributed by atoms with Crippen molar-refractivity contribution in [2.45, 2.75) is 44.4 Å². The van der Waals surface area contributed by atoms with Gasteiger partial charge in [-0.15, -0.1) is 0 Å². The summed E-state index contributed by atoms with van der Waals surface area (Å²) in [5, 5.41) is 13.8. The predicted octanol–water partition coefficient (Wildman–Crippen LogP) is 2.06. The number of pyridine rings is 2. The average Bonchev–Trinajstić information content (AvgIpc) is 3.51. The summed E-state index contributed by atoms with van der Waals surface area (Å²) in [5.74, 6) is -0.231. The standard InChI is InChI=1S/C27H34FN9/c1-19-15-35(26-3-2-21(13-29)37-27(26)4-7-32-37)17-22-6-8-33(10-11-36(19)22)18-25-24(28)12-23(14-31-25)34-9-5-20(30)16-34/h2-4,7,12,14,19-20,22H,5-6,8-11,15-18,30H2,1H3. The van der Waals surface area contributed by atoms with Gasteiger partial charge in [0.1, 0.15) is 17.6 Å². The van der Waals surface area contributed by atoms with E-state index in [9.17, 15) is 5.26 Å². The molecule has 9 nitrogen and oxygen atoms in total. The highest BCUT2D eigenvalue weighted by Gasteiger charge is 2.35. The number of nitrogens with two attached hydrogens (primary N) is 1. The van der Waals surface area contributed by atoms with Crippen LogP contribution in [-0.2, 0) is 6.54 Å². The van der Waals surface area contributed by atoms with Gasteiger partial charge in [0.05, 0.1) is 35.0 Å². The number of piperazine rings is 1. The van der Waals surface area contributed by atoms with Crippen LogP contribution in [0.4, 0.5) is 15.8 Å². The van der Waals surface area contributed by atoms with Crippen molar-refractivity contribution in [2.24, 2.45) is 5.73 Å². The zero-order valence-corrected chi connectivity index (χ0v) is 21.3. The van der Waals surface area contributed by atoms with E-state index in [-0.39, 0.29) is 11.9 Å². The maximum absolute atomic E-state index is 15.0. The van der Waals surface area contributed by atoms with Gasteiger partial charge in [-0.1, -0.05) is 0 Å². The number of halogens is 1. The largest absolute Gasteiger partial charge is 0.369 e. The van der Waals surface area contributed by atoms with Crippen molar-refractivity contribution in [3.05, 3.63) is 53.9 Å². The van der Waals surface area contributed by atoms with Crippen LogP contribution in [0.15, 0.2) is 36.7 Å². The number of aromatic nitrogens is 3. The van der Waals surface area contributed by atoms with Crippen LogP contribution in [-0.4, -0.2) is 88.3 Å². The van der Waals surface area contributed by atoms with Crippen LogP contribution < -0.4 is 15.5 Å². The van der Waals surface area contributed by atoms with Crippen molar-refractivity contribution in [3.8, 4) is 6.07 Å². The fourth-order valence-electron chi connectivity index (χ4n) is 6.27. The molecule has 3 saturated heterocycles. The molecule has 0 amide bonds. The quantitative estimate of drug-likeness (QED) is 0.579. The van der Waals surface area contributed by atoms with Crippen molar-refractivity contribution < 1.29 is 4.39 Å². The highest BCUT2D eigenvalue weighted by atomic mass is 19.1. The van der Waals surface area contributed by atoms with Crippen LogP contribution >= 0.6 is 0 Å². The highest BCUT2D eigenvalue weighted by molar-refractivity contribution is 5.74. The second-order valence-electron chi connectivity index (χ2n) is 10.7. The molecule has 6 rings (SSSR count). The Kier molecular flexibility index (Phi) is 6.44. The molecule has 0 radical (unpaired) electrons. The molecule has 0 saturated carbocycles. The first-order valence-corrected chi connectivity index (χ1v) is 13.2. The maximum atomic E-state index is 15.0. The lowest BCUT2D eigenvalue weighted by molar-refractivity contribution is 0.127. The van der Waals surface area contributed by atoms with E-state index in [2.05, 4.69) is 48.7 Å². The fourth-order valence-corrected chi connectivity index (χ4v) is 6.27. The molecule has 3 aromatic heterocycles. The van der Waals surface area contributed by atoms with Gasteiger partial charge in [0, 0.05) is 76.5 Å². The summed E-state index contributed by atoms with van der Waals surface area (Å²) < 4.78 is 16.7. The van der Waals surface area contributed by atoms with Crippen molar-refractivity contribution in [1.82, 2.24) is 24.4 Å². The van der Waals surface area contributed by atoms with Gasteiger partial charge < -0.3 is 15.5 Å². The summed E-state index contributed by atoms with van der Waals surface area (Å²) in [6, 6.07) is 10.7. The molecule has 6 heterocycles. The Morgan fingerprint density at radius 1 is 1.08 bits per heavy atom. The third-order valence-electron chi connectivity index (χ3n) is 8.26. The normalized spacial score (nSPS) is 25.3. The van der Waals surface area contributed by atoms with Gasteiger partial charge in [-0.2, -0.15) is 10.4 Å². The summed E-state index contributed by atoms with van der Waals surface area (Å²) >= 11 is 0. The van der Waals surface area contributed by atoms with E-state index in [0.717, 1.165) is 75.5 Å². The molecule has 0 spiro atoms. The summed E-state index contributed by atoms with van der Waals surface area (Å²) in [4.78, 5) is 14.0. The lowest BCUT2D eigenvalue weighted by atomic mass is 10.0. The van der Waals surface area contributed by atoms with Gasteiger partial charge in [0.2, 0.25) is 0 Å². The molecular weight excluding hydrogens is 469 g/mol.